The zero-order chi connectivity index (χ0) is 27.3. The summed E-state index contributed by atoms with van der Waals surface area (Å²) >= 11 is 0. The third kappa shape index (κ3) is 5.26. The Morgan fingerprint density at radius 2 is 1.95 bits per heavy atom. The van der Waals surface area contributed by atoms with Crippen molar-refractivity contribution < 1.29 is 13.5 Å². The van der Waals surface area contributed by atoms with E-state index >= 15 is 4.39 Å². The molecule has 2 N–H and O–H groups in total. The first-order valence-electron chi connectivity index (χ1n) is 13.8. The molecular weight excluding hydrogens is 504 g/mol. The van der Waals surface area contributed by atoms with Gasteiger partial charge in [0.15, 0.2) is 23.3 Å². The zero-order valence-corrected chi connectivity index (χ0v) is 22.8. The third-order valence-electron chi connectivity index (χ3n) is 7.86. The highest BCUT2D eigenvalue weighted by Crippen LogP contribution is 2.41. The van der Waals surface area contributed by atoms with E-state index in [0.29, 0.717) is 23.3 Å². The van der Waals surface area contributed by atoms with Crippen LogP contribution in [0.5, 0.6) is 5.75 Å². The fraction of sp³-hybridized carbons (Fsp3) is 0.593. The Morgan fingerprint density at radius 3 is 2.72 bits per heavy atom. The lowest BCUT2D eigenvalue weighted by Crippen LogP contribution is -2.55. The SMILES string of the molecule is CC(C)Oc1cc(F)c(Nc2ncc(F)c(N[C@@H]3C[C@@H]4CCCN4C(C)(C)C3)n2)cc1-n1nnnc1C1CC1. The Bertz CT molecular complexity index is 1360. The monoisotopic (exact) mass is 539 g/mol. The molecular formula is C27H35F2N9O. The van der Waals surface area contributed by atoms with E-state index < -0.39 is 11.6 Å². The second-order valence-electron chi connectivity index (χ2n) is 11.8. The van der Waals surface area contributed by atoms with Crippen LogP contribution >= 0.6 is 0 Å². The number of halogens is 2. The van der Waals surface area contributed by atoms with E-state index in [0.717, 1.165) is 44.8 Å². The number of anilines is 3. The number of rotatable bonds is 8. The molecule has 0 unspecified atom stereocenters. The number of hydrogen-bond donors (Lipinski definition) is 2. The summed E-state index contributed by atoms with van der Waals surface area (Å²) in [5, 5.41) is 18.4. The van der Waals surface area contributed by atoms with Crippen molar-refractivity contribution in [1.29, 1.82) is 0 Å². The Labute approximate surface area is 226 Å². The quantitative estimate of drug-likeness (QED) is 0.411. The van der Waals surface area contributed by atoms with Crippen LogP contribution in [0.25, 0.3) is 5.69 Å². The van der Waals surface area contributed by atoms with Crippen molar-refractivity contribution >= 4 is 17.5 Å². The predicted molar refractivity (Wildman–Crippen MR) is 143 cm³/mol. The summed E-state index contributed by atoms with van der Waals surface area (Å²) in [4.78, 5) is 11.0. The summed E-state index contributed by atoms with van der Waals surface area (Å²) in [5.74, 6) is 0.385. The fourth-order valence-electron chi connectivity index (χ4n) is 6.08. The minimum absolute atomic E-state index is 0.0243. The smallest absolute Gasteiger partial charge is 0.229 e. The molecule has 1 aliphatic carbocycles. The van der Waals surface area contributed by atoms with Gasteiger partial charge in [0.2, 0.25) is 5.95 Å². The fourth-order valence-corrected chi connectivity index (χ4v) is 6.08. The van der Waals surface area contributed by atoms with Crippen molar-refractivity contribution in [3.63, 3.8) is 0 Å². The van der Waals surface area contributed by atoms with Gasteiger partial charge >= 0.3 is 0 Å². The molecule has 2 aromatic heterocycles. The molecule has 208 valence electrons. The molecule has 2 saturated heterocycles. The van der Waals surface area contributed by atoms with E-state index in [2.05, 4.69) is 54.9 Å². The molecule has 12 heteroatoms. The van der Waals surface area contributed by atoms with Crippen LogP contribution in [0.1, 0.15) is 78.0 Å². The highest BCUT2D eigenvalue weighted by atomic mass is 19.1. The van der Waals surface area contributed by atoms with Crippen LogP contribution in [0.2, 0.25) is 0 Å². The van der Waals surface area contributed by atoms with E-state index in [1.165, 1.54) is 12.5 Å². The van der Waals surface area contributed by atoms with Crippen LogP contribution in [0.4, 0.5) is 26.2 Å². The Kier molecular flexibility index (Phi) is 6.60. The van der Waals surface area contributed by atoms with Gasteiger partial charge in [-0.05, 0) is 89.3 Å². The summed E-state index contributed by atoms with van der Waals surface area (Å²) in [5.41, 5.74) is 0.637. The standard InChI is InChI=1S/C27H35F2N9O/c1-15(2)39-23-11-19(28)21(12-22(23)38-25(16-7-8-16)34-35-36-38)32-26-30-14-20(29)24(33-26)31-17-10-18-6-5-9-37(18)27(3,4)13-17/h11-12,14-18H,5-10,13H2,1-4H3,(H2,30,31,32,33)/t17-,18+/m1/s1. The molecule has 0 amide bonds. The first-order valence-corrected chi connectivity index (χ1v) is 13.8. The van der Waals surface area contributed by atoms with Crippen LogP contribution in [0.3, 0.4) is 0 Å². The minimum atomic E-state index is -0.562. The minimum Gasteiger partial charge on any atom is -0.489 e. The largest absolute Gasteiger partial charge is 0.489 e. The number of tetrazole rings is 1. The van der Waals surface area contributed by atoms with Gasteiger partial charge < -0.3 is 15.4 Å². The number of nitrogens with one attached hydrogen (secondary N) is 2. The Balaban J connectivity index is 1.27. The zero-order valence-electron chi connectivity index (χ0n) is 22.8. The molecule has 3 aliphatic rings. The Hall–Kier alpha value is -3.41. The molecule has 1 saturated carbocycles. The molecule has 0 radical (unpaired) electrons. The maximum atomic E-state index is 15.3. The lowest BCUT2D eigenvalue weighted by molar-refractivity contribution is 0.0500. The highest BCUT2D eigenvalue weighted by Gasteiger charge is 2.43. The lowest BCUT2D eigenvalue weighted by Gasteiger charge is -2.47. The van der Waals surface area contributed by atoms with Gasteiger partial charge in [0, 0.05) is 29.6 Å². The number of hydrogen-bond acceptors (Lipinski definition) is 9. The molecule has 0 bridgehead atoms. The van der Waals surface area contributed by atoms with Crippen molar-refractivity contribution in [3.8, 4) is 11.4 Å². The van der Waals surface area contributed by atoms with Crippen molar-refractivity contribution in [2.45, 2.75) is 95.9 Å². The predicted octanol–water partition coefficient (Wildman–Crippen LogP) is 4.96. The maximum absolute atomic E-state index is 15.3. The van der Waals surface area contributed by atoms with Crippen LogP contribution in [-0.4, -0.2) is 65.3 Å². The topological polar surface area (TPSA) is 106 Å². The van der Waals surface area contributed by atoms with Crippen molar-refractivity contribution in [2.24, 2.45) is 0 Å². The maximum Gasteiger partial charge on any atom is 0.229 e. The van der Waals surface area contributed by atoms with Gasteiger partial charge in [0.25, 0.3) is 0 Å². The summed E-state index contributed by atoms with van der Waals surface area (Å²) in [6.45, 7) is 9.34. The van der Waals surface area contributed by atoms with E-state index in [4.69, 9.17) is 4.74 Å². The molecule has 0 spiro atoms. The molecule has 1 aromatic carbocycles. The number of benzene rings is 1. The third-order valence-corrected chi connectivity index (χ3v) is 7.86. The van der Waals surface area contributed by atoms with Gasteiger partial charge in [-0.1, -0.05) is 0 Å². The van der Waals surface area contributed by atoms with Crippen molar-refractivity contribution in [1.82, 2.24) is 35.1 Å². The molecule has 39 heavy (non-hydrogen) atoms. The number of piperidine rings is 1. The summed E-state index contributed by atoms with van der Waals surface area (Å²) in [6.07, 6.45) is 7.08. The molecule has 6 rings (SSSR count). The van der Waals surface area contributed by atoms with Crippen LogP contribution in [0, 0.1) is 11.6 Å². The number of aromatic nitrogens is 6. The van der Waals surface area contributed by atoms with Gasteiger partial charge in [0.1, 0.15) is 11.4 Å². The normalized spacial score (nSPS) is 22.6. The van der Waals surface area contributed by atoms with E-state index in [1.54, 1.807) is 10.7 Å². The number of fused-ring (bicyclic) bond motifs is 1. The molecule has 4 heterocycles. The van der Waals surface area contributed by atoms with E-state index in [1.807, 2.05) is 13.8 Å². The van der Waals surface area contributed by atoms with Crippen LogP contribution in [0.15, 0.2) is 18.3 Å². The molecule has 3 fully saturated rings. The molecule has 10 nitrogen and oxygen atoms in total. The van der Waals surface area contributed by atoms with Gasteiger partial charge in [-0.3, -0.25) is 4.90 Å². The van der Waals surface area contributed by atoms with Crippen LogP contribution in [-0.2, 0) is 0 Å². The average molecular weight is 540 g/mol. The second kappa shape index (κ2) is 9.96. The van der Waals surface area contributed by atoms with Gasteiger partial charge in [-0.2, -0.15) is 9.67 Å². The molecule has 2 aliphatic heterocycles. The van der Waals surface area contributed by atoms with Crippen molar-refractivity contribution in [3.05, 3.63) is 35.8 Å². The average Bonchev–Trinajstić information content (AvgIpc) is 3.38. The van der Waals surface area contributed by atoms with Gasteiger partial charge in [-0.25, -0.2) is 13.8 Å². The summed E-state index contributed by atoms with van der Waals surface area (Å²) in [7, 11) is 0. The lowest BCUT2D eigenvalue weighted by atomic mass is 9.84. The van der Waals surface area contributed by atoms with Gasteiger partial charge in [0.05, 0.1) is 18.0 Å². The van der Waals surface area contributed by atoms with E-state index in [9.17, 15) is 4.39 Å². The summed E-state index contributed by atoms with van der Waals surface area (Å²) < 4.78 is 37.6. The molecule has 3 aromatic rings. The highest BCUT2D eigenvalue weighted by molar-refractivity contribution is 5.64. The number of nitrogens with zero attached hydrogens (tertiary/aromatic N) is 7. The first kappa shape index (κ1) is 25.8. The first-order chi connectivity index (χ1) is 18.7. The summed E-state index contributed by atoms with van der Waals surface area (Å²) in [6, 6.07) is 3.44. The van der Waals surface area contributed by atoms with Crippen molar-refractivity contribution in [2.75, 3.05) is 17.2 Å². The number of ether oxygens (including phenoxy) is 1. The second-order valence-corrected chi connectivity index (χ2v) is 11.8. The Morgan fingerprint density at radius 1 is 1.13 bits per heavy atom. The van der Waals surface area contributed by atoms with E-state index in [-0.39, 0.29) is 41.1 Å². The van der Waals surface area contributed by atoms with Gasteiger partial charge in [-0.15, -0.1) is 5.10 Å². The molecule has 2 atom stereocenters. The van der Waals surface area contributed by atoms with Crippen LogP contribution < -0.4 is 15.4 Å².